The van der Waals surface area contributed by atoms with Crippen molar-refractivity contribution in [2.24, 2.45) is 11.8 Å². The van der Waals surface area contributed by atoms with Crippen molar-refractivity contribution in [3.8, 4) is 0 Å². The monoisotopic (exact) mass is 664 g/mol. The van der Waals surface area contributed by atoms with Gasteiger partial charge in [0.25, 0.3) is 0 Å². The summed E-state index contributed by atoms with van der Waals surface area (Å²) in [7, 11) is 0. The lowest BCUT2D eigenvalue weighted by Gasteiger charge is -2.31. The molecular weight excluding hydrogens is 615 g/mol. The van der Waals surface area contributed by atoms with Gasteiger partial charge in [-0.1, -0.05) is 58.4 Å². The Labute approximate surface area is 282 Å². The molecule has 12 heteroatoms. The van der Waals surface area contributed by atoms with Gasteiger partial charge >= 0.3 is 0 Å². The van der Waals surface area contributed by atoms with Gasteiger partial charge in [0.2, 0.25) is 29.5 Å². The molecule has 11 nitrogen and oxygen atoms in total. The maximum absolute atomic E-state index is 14.1. The van der Waals surface area contributed by atoms with Crippen LogP contribution < -0.4 is 26.6 Å². The standard InChI is InChI=1S/C36H49FN6O5/c1-5-23(4)32-35(47)40-28(18-22(2)3)33(45)41-29(20-25-11-13-26(37)14-12-25)36(48)43-17-7-10-30(43)34(46)38-16-15-24-8-6-9-27(19-24)39-21-31(44)42-32/h6,8-9,11-14,19,22-23,28-30,32,39H,5,7,10,15-18,20-21H2,1-4H3,(H,38,46)(H,40,47)(H,41,45)(H,42,44)/t23-,28+,29-,30-,32-/m0/s1. The highest BCUT2D eigenvalue weighted by atomic mass is 19.1. The van der Waals surface area contributed by atoms with Crippen LogP contribution in [0.2, 0.25) is 0 Å². The van der Waals surface area contributed by atoms with Gasteiger partial charge in [0.05, 0.1) is 6.54 Å². The third-order valence-electron chi connectivity index (χ3n) is 9.05. The molecule has 0 spiro atoms. The first kappa shape index (κ1) is 36.4. The molecule has 0 aromatic heterocycles. The highest BCUT2D eigenvalue weighted by Crippen LogP contribution is 2.21. The SMILES string of the molecule is CC[C@H](C)[C@@H]1NC(=O)CNc2cccc(c2)CCNC(=O)[C@@H]2CCCN2C(=O)[C@H](Cc2ccc(F)cc2)NC(=O)[C@@H](CC(C)C)NC1=O. The van der Waals surface area contributed by atoms with Gasteiger partial charge in [-0.25, -0.2) is 4.39 Å². The first-order valence-corrected chi connectivity index (χ1v) is 17.0. The lowest BCUT2D eigenvalue weighted by molar-refractivity contribution is -0.142. The quantitative estimate of drug-likeness (QED) is 0.321. The number of halogens is 1. The largest absolute Gasteiger partial charge is 0.376 e. The summed E-state index contributed by atoms with van der Waals surface area (Å²) in [5.74, 6) is -2.78. The molecule has 48 heavy (non-hydrogen) atoms. The van der Waals surface area contributed by atoms with Crippen molar-refractivity contribution >= 4 is 35.2 Å². The summed E-state index contributed by atoms with van der Waals surface area (Å²) >= 11 is 0. The maximum Gasteiger partial charge on any atom is 0.246 e. The number of hydrogen-bond acceptors (Lipinski definition) is 6. The van der Waals surface area contributed by atoms with Gasteiger partial charge < -0.3 is 31.5 Å². The van der Waals surface area contributed by atoms with Gasteiger partial charge in [-0.15, -0.1) is 0 Å². The number of fused-ring (bicyclic) bond motifs is 3. The van der Waals surface area contributed by atoms with Crippen LogP contribution >= 0.6 is 0 Å². The lowest BCUT2D eigenvalue weighted by Crippen LogP contribution is -2.59. The maximum atomic E-state index is 14.1. The molecular formula is C36H49FN6O5. The Balaban J connectivity index is 1.68. The van der Waals surface area contributed by atoms with Crippen LogP contribution in [-0.4, -0.2) is 78.2 Å². The van der Waals surface area contributed by atoms with Crippen LogP contribution in [0.5, 0.6) is 0 Å². The minimum atomic E-state index is -1.07. The zero-order chi connectivity index (χ0) is 34.8. The van der Waals surface area contributed by atoms with Crippen molar-refractivity contribution in [3.63, 3.8) is 0 Å². The fourth-order valence-electron chi connectivity index (χ4n) is 6.19. The average Bonchev–Trinajstić information content (AvgIpc) is 3.56. The molecule has 5 N–H and O–H groups in total. The molecule has 260 valence electrons. The number of benzene rings is 2. The number of nitrogens with zero attached hydrogens (tertiary/aromatic N) is 1. The van der Waals surface area contributed by atoms with Crippen LogP contribution in [-0.2, 0) is 36.8 Å². The first-order chi connectivity index (χ1) is 22.9. The minimum absolute atomic E-state index is 0.00467. The molecule has 2 aromatic rings. The van der Waals surface area contributed by atoms with Gasteiger partial charge in [0.1, 0.15) is 30.0 Å². The second-order valence-electron chi connectivity index (χ2n) is 13.3. The van der Waals surface area contributed by atoms with Crippen molar-refractivity contribution < 1.29 is 28.4 Å². The third kappa shape index (κ3) is 10.0. The van der Waals surface area contributed by atoms with E-state index in [1.54, 1.807) is 12.1 Å². The summed E-state index contributed by atoms with van der Waals surface area (Å²) < 4.78 is 13.7. The van der Waals surface area contributed by atoms with Crippen LogP contribution in [0.4, 0.5) is 10.1 Å². The third-order valence-corrected chi connectivity index (χ3v) is 9.05. The van der Waals surface area contributed by atoms with E-state index in [1.165, 1.54) is 17.0 Å². The van der Waals surface area contributed by atoms with Gasteiger partial charge in [0.15, 0.2) is 0 Å². The van der Waals surface area contributed by atoms with Crippen LogP contribution in [0.1, 0.15) is 64.5 Å². The van der Waals surface area contributed by atoms with E-state index in [4.69, 9.17) is 0 Å². The van der Waals surface area contributed by atoms with Crippen LogP contribution in [0.15, 0.2) is 48.5 Å². The summed E-state index contributed by atoms with van der Waals surface area (Å²) in [6, 6.07) is 9.54. The minimum Gasteiger partial charge on any atom is -0.376 e. The molecule has 2 bridgehead atoms. The number of amides is 5. The highest BCUT2D eigenvalue weighted by molar-refractivity contribution is 5.96. The molecule has 5 atom stereocenters. The molecule has 1 fully saturated rings. The fourth-order valence-corrected chi connectivity index (χ4v) is 6.19. The fraction of sp³-hybridized carbons (Fsp3) is 0.528. The van der Waals surface area contributed by atoms with E-state index in [1.807, 2.05) is 52.0 Å². The summed E-state index contributed by atoms with van der Waals surface area (Å²) in [4.78, 5) is 69.7. The second kappa shape index (κ2) is 17.1. The van der Waals surface area contributed by atoms with Crippen molar-refractivity contribution in [2.75, 3.05) is 25.0 Å². The molecule has 0 radical (unpaired) electrons. The topological polar surface area (TPSA) is 149 Å². The van der Waals surface area contributed by atoms with Crippen LogP contribution in [0.25, 0.3) is 0 Å². The Bertz CT molecular complexity index is 1450. The van der Waals surface area contributed by atoms with Crippen LogP contribution in [0.3, 0.4) is 0 Å². The van der Waals surface area contributed by atoms with Crippen molar-refractivity contribution in [1.29, 1.82) is 0 Å². The first-order valence-electron chi connectivity index (χ1n) is 17.0. The molecule has 2 aliphatic rings. The normalized spacial score (nSPS) is 24.0. The predicted molar refractivity (Wildman–Crippen MR) is 181 cm³/mol. The lowest BCUT2D eigenvalue weighted by atomic mass is 9.96. The zero-order valence-corrected chi connectivity index (χ0v) is 28.3. The van der Waals surface area contributed by atoms with E-state index in [0.717, 1.165) is 11.3 Å². The van der Waals surface area contributed by atoms with Gasteiger partial charge in [0, 0.05) is 25.2 Å². The summed E-state index contributed by atoms with van der Waals surface area (Å²) in [5, 5.41) is 14.6. The van der Waals surface area contributed by atoms with Crippen molar-refractivity contribution in [3.05, 3.63) is 65.5 Å². The predicted octanol–water partition coefficient (Wildman–Crippen LogP) is 2.69. The summed E-state index contributed by atoms with van der Waals surface area (Å²) in [5.41, 5.74) is 2.29. The Morgan fingerprint density at radius 1 is 0.875 bits per heavy atom. The molecule has 2 heterocycles. The zero-order valence-electron chi connectivity index (χ0n) is 28.3. The van der Waals surface area contributed by atoms with Gasteiger partial charge in [-0.05, 0) is 72.9 Å². The molecule has 1 saturated heterocycles. The molecule has 2 aromatic carbocycles. The number of carbonyl (C=O) groups excluding carboxylic acids is 5. The van der Waals surface area contributed by atoms with E-state index < -0.39 is 47.7 Å². The smallest absolute Gasteiger partial charge is 0.246 e. The van der Waals surface area contributed by atoms with Crippen molar-refractivity contribution in [1.82, 2.24) is 26.2 Å². The highest BCUT2D eigenvalue weighted by Gasteiger charge is 2.39. The van der Waals surface area contributed by atoms with E-state index in [9.17, 15) is 28.4 Å². The number of hydrogen-bond donors (Lipinski definition) is 5. The van der Waals surface area contributed by atoms with E-state index in [-0.39, 0.29) is 43.0 Å². The number of rotatable bonds is 6. The molecule has 4 rings (SSSR count). The van der Waals surface area contributed by atoms with E-state index in [2.05, 4.69) is 26.6 Å². The molecule has 0 saturated carbocycles. The summed E-state index contributed by atoms with van der Waals surface area (Å²) in [6.45, 7) is 8.24. The molecule has 0 unspecified atom stereocenters. The molecule has 0 aliphatic carbocycles. The van der Waals surface area contributed by atoms with E-state index in [0.29, 0.717) is 44.3 Å². The molecule has 2 aliphatic heterocycles. The van der Waals surface area contributed by atoms with E-state index >= 15 is 0 Å². The molecule has 5 amide bonds. The number of anilines is 1. The average molecular weight is 665 g/mol. The second-order valence-corrected chi connectivity index (χ2v) is 13.3. The number of carbonyl (C=O) groups is 5. The van der Waals surface area contributed by atoms with Crippen molar-refractivity contribution in [2.45, 2.75) is 90.4 Å². The Morgan fingerprint density at radius 3 is 2.31 bits per heavy atom. The van der Waals surface area contributed by atoms with Crippen LogP contribution in [0, 0.1) is 17.7 Å². The Morgan fingerprint density at radius 2 is 1.60 bits per heavy atom. The Hall–Kier alpha value is -4.48. The Kier molecular flexibility index (Phi) is 12.9. The number of nitrogens with one attached hydrogen (secondary N) is 5. The summed E-state index contributed by atoms with van der Waals surface area (Å²) in [6.07, 6.45) is 2.59. The van der Waals surface area contributed by atoms with Gasteiger partial charge in [-0.3, -0.25) is 24.0 Å². The van der Waals surface area contributed by atoms with Gasteiger partial charge in [-0.2, -0.15) is 0 Å².